The number of anilines is 1. The van der Waals surface area contributed by atoms with Gasteiger partial charge in [-0.25, -0.2) is 0 Å². The average Bonchev–Trinajstić information content (AvgIpc) is 2.74. The Kier molecular flexibility index (Phi) is 5.48. The van der Waals surface area contributed by atoms with Crippen molar-refractivity contribution in [1.82, 2.24) is 4.90 Å². The third kappa shape index (κ3) is 3.94. The van der Waals surface area contributed by atoms with E-state index in [2.05, 4.69) is 20.7 Å². The van der Waals surface area contributed by atoms with E-state index in [1.165, 1.54) is 7.11 Å². The molecule has 122 valence electrons. The lowest BCUT2D eigenvalue weighted by atomic mass is 10.2. The molecule has 1 aromatic carbocycles. The predicted molar refractivity (Wildman–Crippen MR) is 93.2 cm³/mol. The van der Waals surface area contributed by atoms with Crippen LogP contribution in [-0.2, 0) is 14.3 Å². The number of hydrogen-bond donors (Lipinski definition) is 0. The molecule has 8 heteroatoms. The fourth-order valence-electron chi connectivity index (χ4n) is 1.96. The number of ether oxygens (including phenoxy) is 1. The molecule has 2 amide bonds. The first-order valence-electron chi connectivity index (χ1n) is 6.62. The Hall–Kier alpha value is -1.80. The fourth-order valence-corrected chi connectivity index (χ4v) is 3.55. The molecule has 1 aromatic rings. The van der Waals surface area contributed by atoms with Crippen LogP contribution in [0.3, 0.4) is 0 Å². The van der Waals surface area contributed by atoms with Crippen LogP contribution < -0.4 is 4.90 Å². The Labute approximate surface area is 146 Å². The van der Waals surface area contributed by atoms with Gasteiger partial charge in [0, 0.05) is 18.6 Å². The van der Waals surface area contributed by atoms with Crippen LogP contribution in [0, 0.1) is 0 Å². The number of benzene rings is 1. The minimum absolute atomic E-state index is 0.281. The summed E-state index contributed by atoms with van der Waals surface area (Å²) >= 11 is 4.29. The first-order chi connectivity index (χ1) is 10.8. The van der Waals surface area contributed by atoms with Gasteiger partial charge < -0.3 is 9.64 Å². The van der Waals surface area contributed by atoms with Crippen molar-refractivity contribution in [3.8, 4) is 0 Å². The van der Waals surface area contributed by atoms with Crippen LogP contribution in [0.1, 0.15) is 5.56 Å². The summed E-state index contributed by atoms with van der Waals surface area (Å²) in [6.45, 7) is -0.373. The number of carbonyl (C=O) groups excluding carboxylic acids is 3. The first-order valence-corrected chi connectivity index (χ1v) is 8.23. The highest BCUT2D eigenvalue weighted by Gasteiger charge is 2.36. The summed E-state index contributed by atoms with van der Waals surface area (Å²) in [6, 6.07) is 5.63. The summed E-state index contributed by atoms with van der Waals surface area (Å²) in [5, 5.41) is -0.476. The van der Waals surface area contributed by atoms with Crippen LogP contribution in [0.25, 0.3) is 6.08 Å². The molecule has 1 aliphatic rings. The third-order valence-corrected chi connectivity index (χ3v) is 4.68. The van der Waals surface area contributed by atoms with Crippen molar-refractivity contribution in [1.29, 1.82) is 0 Å². The Balaban J connectivity index is 2.24. The van der Waals surface area contributed by atoms with Crippen LogP contribution in [0.2, 0.25) is 0 Å². The first kappa shape index (κ1) is 17.6. The molecule has 6 nitrogen and oxygen atoms in total. The second kappa shape index (κ2) is 7.18. The lowest BCUT2D eigenvalue weighted by Gasteiger charge is -2.14. The van der Waals surface area contributed by atoms with Gasteiger partial charge in [0.25, 0.3) is 11.1 Å². The van der Waals surface area contributed by atoms with Crippen molar-refractivity contribution in [2.75, 3.05) is 32.6 Å². The molecule has 0 N–H and O–H groups in total. The van der Waals surface area contributed by atoms with Gasteiger partial charge in [0.15, 0.2) is 0 Å². The normalized spacial score (nSPS) is 16.2. The van der Waals surface area contributed by atoms with E-state index in [9.17, 15) is 14.4 Å². The van der Waals surface area contributed by atoms with Crippen LogP contribution in [0.5, 0.6) is 0 Å². The lowest BCUT2D eigenvalue weighted by molar-refractivity contribution is -0.143. The Bertz CT molecular complexity index is 703. The summed E-state index contributed by atoms with van der Waals surface area (Å²) < 4.78 is 5.37. The van der Waals surface area contributed by atoms with Crippen LogP contribution >= 0.6 is 27.7 Å². The monoisotopic (exact) mass is 398 g/mol. The van der Waals surface area contributed by atoms with Gasteiger partial charge in [-0.1, -0.05) is 6.07 Å². The Morgan fingerprint density at radius 1 is 1.39 bits per heavy atom. The third-order valence-electron chi connectivity index (χ3n) is 3.14. The number of hydrogen-bond acceptors (Lipinski definition) is 6. The van der Waals surface area contributed by atoms with Gasteiger partial charge in [0.05, 0.1) is 17.7 Å². The summed E-state index contributed by atoms with van der Waals surface area (Å²) in [4.78, 5) is 38.5. The molecule has 0 aromatic heterocycles. The number of imide groups is 1. The molecule has 0 unspecified atom stereocenters. The van der Waals surface area contributed by atoms with E-state index >= 15 is 0 Å². The number of esters is 1. The highest BCUT2D eigenvalue weighted by molar-refractivity contribution is 9.10. The zero-order valence-corrected chi connectivity index (χ0v) is 15.2. The highest BCUT2D eigenvalue weighted by atomic mass is 79.9. The second-order valence-electron chi connectivity index (χ2n) is 4.95. The van der Waals surface area contributed by atoms with Gasteiger partial charge in [-0.15, -0.1) is 0 Å². The number of amides is 2. The predicted octanol–water partition coefficient (Wildman–Crippen LogP) is 2.72. The van der Waals surface area contributed by atoms with Gasteiger partial charge >= 0.3 is 5.97 Å². The smallest absolute Gasteiger partial charge is 0.325 e. The minimum Gasteiger partial charge on any atom is -0.468 e. The van der Waals surface area contributed by atoms with Crippen LogP contribution in [0.15, 0.2) is 27.6 Å². The summed E-state index contributed by atoms with van der Waals surface area (Å²) in [5.41, 5.74) is 1.78. The van der Waals surface area contributed by atoms with Crippen molar-refractivity contribution in [2.45, 2.75) is 0 Å². The van der Waals surface area contributed by atoms with E-state index in [4.69, 9.17) is 0 Å². The van der Waals surface area contributed by atoms with Crippen LogP contribution in [0.4, 0.5) is 10.5 Å². The van der Waals surface area contributed by atoms with E-state index in [1.807, 2.05) is 37.2 Å². The standard InChI is InChI=1S/C15H15BrN2O4S/c1-17(2)11-5-4-9(6-10(11)16)7-12-14(20)18(15(21)23-12)8-13(19)22-3/h4-7H,8H2,1-3H3/b12-7+. The van der Waals surface area contributed by atoms with Crippen molar-refractivity contribution < 1.29 is 19.1 Å². The maximum absolute atomic E-state index is 12.2. The van der Waals surface area contributed by atoms with Crippen molar-refractivity contribution in [2.24, 2.45) is 0 Å². The fraction of sp³-hybridized carbons (Fsp3) is 0.267. The quantitative estimate of drug-likeness (QED) is 0.573. The molecule has 0 spiro atoms. The topological polar surface area (TPSA) is 66.9 Å². The van der Waals surface area contributed by atoms with Crippen molar-refractivity contribution >= 4 is 56.6 Å². The summed E-state index contributed by atoms with van der Waals surface area (Å²) in [6.07, 6.45) is 1.63. The van der Waals surface area contributed by atoms with E-state index < -0.39 is 17.1 Å². The number of thioether (sulfide) groups is 1. The van der Waals surface area contributed by atoms with E-state index in [0.717, 1.165) is 32.4 Å². The molecule has 23 heavy (non-hydrogen) atoms. The Morgan fingerprint density at radius 2 is 2.09 bits per heavy atom. The highest BCUT2D eigenvalue weighted by Crippen LogP contribution is 2.33. The number of nitrogens with zero attached hydrogens (tertiary/aromatic N) is 2. The van der Waals surface area contributed by atoms with E-state index in [1.54, 1.807) is 6.08 Å². The summed E-state index contributed by atoms with van der Waals surface area (Å²) in [5.74, 6) is -1.12. The van der Waals surface area contributed by atoms with Crippen molar-refractivity contribution in [3.05, 3.63) is 33.1 Å². The molecule has 2 rings (SSSR count). The van der Waals surface area contributed by atoms with Gasteiger partial charge in [-0.05, 0) is 51.5 Å². The Morgan fingerprint density at radius 3 is 2.65 bits per heavy atom. The SMILES string of the molecule is COC(=O)CN1C(=O)S/C(=C/c2ccc(N(C)C)c(Br)c2)C1=O. The molecular weight excluding hydrogens is 384 g/mol. The molecule has 0 atom stereocenters. The summed E-state index contributed by atoms with van der Waals surface area (Å²) in [7, 11) is 5.07. The maximum atomic E-state index is 12.2. The molecule has 0 radical (unpaired) electrons. The minimum atomic E-state index is -0.633. The molecule has 1 heterocycles. The van der Waals surface area contributed by atoms with Crippen LogP contribution in [-0.4, -0.2) is 49.8 Å². The largest absolute Gasteiger partial charge is 0.468 e. The number of methoxy groups -OCH3 is 1. The zero-order chi connectivity index (χ0) is 17.1. The molecule has 1 aliphatic heterocycles. The molecular formula is C15H15BrN2O4S. The second-order valence-corrected chi connectivity index (χ2v) is 6.80. The molecule has 0 saturated carbocycles. The van der Waals surface area contributed by atoms with E-state index in [-0.39, 0.29) is 11.4 Å². The molecule has 1 fully saturated rings. The average molecular weight is 399 g/mol. The molecule has 1 saturated heterocycles. The van der Waals surface area contributed by atoms with Gasteiger partial charge in [0.1, 0.15) is 6.54 Å². The van der Waals surface area contributed by atoms with E-state index in [0.29, 0.717) is 0 Å². The lowest BCUT2D eigenvalue weighted by Crippen LogP contribution is -2.34. The van der Waals surface area contributed by atoms with Gasteiger partial charge in [-0.3, -0.25) is 19.3 Å². The molecule has 0 aliphatic carbocycles. The van der Waals surface area contributed by atoms with Gasteiger partial charge in [-0.2, -0.15) is 0 Å². The van der Waals surface area contributed by atoms with Gasteiger partial charge in [0.2, 0.25) is 0 Å². The number of rotatable bonds is 4. The number of carbonyl (C=O) groups is 3. The number of halogens is 1. The zero-order valence-electron chi connectivity index (χ0n) is 12.8. The van der Waals surface area contributed by atoms with Crippen molar-refractivity contribution in [3.63, 3.8) is 0 Å². The maximum Gasteiger partial charge on any atom is 0.325 e. The molecule has 0 bridgehead atoms.